The van der Waals surface area contributed by atoms with Crippen LogP contribution in [0.5, 0.6) is 0 Å². The van der Waals surface area contributed by atoms with E-state index in [4.69, 9.17) is 10.5 Å². The molecule has 5 heteroatoms. The average Bonchev–Trinajstić information content (AvgIpc) is 2.59. The van der Waals surface area contributed by atoms with Crippen molar-refractivity contribution >= 4 is 5.91 Å². The molecule has 4 unspecified atom stereocenters. The summed E-state index contributed by atoms with van der Waals surface area (Å²) in [5.41, 5.74) is 7.15. The number of morpholine rings is 1. The van der Waals surface area contributed by atoms with Gasteiger partial charge in [0, 0.05) is 31.6 Å². The maximum atomic E-state index is 12.3. The molecule has 0 spiro atoms. The van der Waals surface area contributed by atoms with Crippen molar-refractivity contribution in [2.75, 3.05) is 19.7 Å². The summed E-state index contributed by atoms with van der Waals surface area (Å²) in [6.45, 7) is 9.20. The number of nitrogens with one attached hydrogen (secondary N) is 1. The Morgan fingerprint density at radius 1 is 1.38 bits per heavy atom. The quantitative estimate of drug-likeness (QED) is 0.798. The molecule has 1 fully saturated rings. The lowest BCUT2D eigenvalue weighted by atomic mass is 10.0. The van der Waals surface area contributed by atoms with Gasteiger partial charge >= 0.3 is 0 Å². The Morgan fingerprint density at radius 3 is 2.71 bits per heavy atom. The molecule has 2 rings (SSSR count). The molecule has 0 aromatic heterocycles. The highest BCUT2D eigenvalue weighted by Gasteiger charge is 2.29. The molecule has 1 aromatic carbocycles. The number of hydrogen-bond donors (Lipinski definition) is 2. The van der Waals surface area contributed by atoms with E-state index in [1.54, 1.807) is 0 Å². The molecule has 1 heterocycles. The number of rotatable bonds is 7. The van der Waals surface area contributed by atoms with Crippen molar-refractivity contribution in [3.05, 3.63) is 35.9 Å². The van der Waals surface area contributed by atoms with Crippen molar-refractivity contribution in [1.29, 1.82) is 0 Å². The van der Waals surface area contributed by atoms with Crippen molar-refractivity contribution in [2.24, 2.45) is 11.7 Å². The van der Waals surface area contributed by atoms with Crippen LogP contribution in [0.3, 0.4) is 0 Å². The van der Waals surface area contributed by atoms with E-state index in [2.05, 4.69) is 41.4 Å². The van der Waals surface area contributed by atoms with Crippen LogP contribution in [0.4, 0.5) is 0 Å². The Hall–Kier alpha value is -1.43. The zero-order valence-corrected chi connectivity index (χ0v) is 15.1. The maximum absolute atomic E-state index is 12.3. The van der Waals surface area contributed by atoms with Crippen LogP contribution in [0.1, 0.15) is 32.8 Å². The van der Waals surface area contributed by atoms with Gasteiger partial charge in [-0.25, -0.2) is 0 Å². The minimum atomic E-state index is -0.192. The number of ether oxygens (including phenoxy) is 1. The number of nitrogens with two attached hydrogens (primary N) is 1. The summed E-state index contributed by atoms with van der Waals surface area (Å²) in [6, 6.07) is 10.3. The van der Waals surface area contributed by atoms with Crippen LogP contribution in [0.2, 0.25) is 0 Å². The third-order valence-corrected chi connectivity index (χ3v) is 4.85. The zero-order valence-electron chi connectivity index (χ0n) is 15.1. The fourth-order valence-corrected chi connectivity index (χ4v) is 2.97. The van der Waals surface area contributed by atoms with Crippen molar-refractivity contribution in [3.63, 3.8) is 0 Å². The van der Waals surface area contributed by atoms with Crippen LogP contribution in [0, 0.1) is 5.92 Å². The predicted octanol–water partition coefficient (Wildman–Crippen LogP) is 1.77. The number of benzene rings is 1. The summed E-state index contributed by atoms with van der Waals surface area (Å²) < 4.78 is 5.95. The first-order valence-corrected chi connectivity index (χ1v) is 8.95. The lowest BCUT2D eigenvalue weighted by molar-refractivity contribution is -0.128. The first-order chi connectivity index (χ1) is 11.5. The molecule has 0 aliphatic carbocycles. The summed E-state index contributed by atoms with van der Waals surface area (Å²) in [5.74, 6) is -0.177. The second-order valence-electron chi connectivity index (χ2n) is 6.80. The molecule has 1 saturated heterocycles. The summed E-state index contributed by atoms with van der Waals surface area (Å²) in [7, 11) is 0. The lowest BCUT2D eigenvalue weighted by Crippen LogP contribution is -2.54. The molecule has 4 atom stereocenters. The highest BCUT2D eigenvalue weighted by Crippen LogP contribution is 2.15. The monoisotopic (exact) mass is 333 g/mol. The zero-order chi connectivity index (χ0) is 17.5. The first kappa shape index (κ1) is 18.9. The Labute approximate surface area is 145 Å². The Morgan fingerprint density at radius 2 is 2.08 bits per heavy atom. The van der Waals surface area contributed by atoms with E-state index in [0.717, 1.165) is 26.1 Å². The Balaban J connectivity index is 1.92. The fourth-order valence-electron chi connectivity index (χ4n) is 2.97. The van der Waals surface area contributed by atoms with Crippen LogP contribution >= 0.6 is 0 Å². The molecule has 1 aliphatic rings. The summed E-state index contributed by atoms with van der Waals surface area (Å²) in [6.07, 6.45) is 0.873. The van der Waals surface area contributed by atoms with Gasteiger partial charge in [-0.05, 0) is 18.9 Å². The standard InChI is InChI=1S/C19H31N3O2/c1-4-17(21-19(23)14(2)15(3)20)18-13-22(10-11-24-18)12-16-8-6-5-7-9-16/h5-9,14-15,17-18H,4,10-13,20H2,1-3H3,(H,21,23). The molecule has 0 saturated carbocycles. The molecule has 3 N–H and O–H groups in total. The number of amides is 1. The minimum absolute atomic E-state index is 0.0145. The van der Waals surface area contributed by atoms with Gasteiger partial charge in [0.2, 0.25) is 5.91 Å². The van der Waals surface area contributed by atoms with Crippen LogP contribution in [0.15, 0.2) is 30.3 Å². The maximum Gasteiger partial charge on any atom is 0.224 e. The number of carbonyl (C=O) groups is 1. The molecule has 1 amide bonds. The van der Waals surface area contributed by atoms with E-state index < -0.39 is 0 Å². The summed E-state index contributed by atoms with van der Waals surface area (Å²) in [5, 5.41) is 3.13. The van der Waals surface area contributed by atoms with Gasteiger partial charge in [0.15, 0.2) is 0 Å². The van der Waals surface area contributed by atoms with Crippen LogP contribution in [-0.2, 0) is 16.1 Å². The highest BCUT2D eigenvalue weighted by atomic mass is 16.5. The van der Waals surface area contributed by atoms with Gasteiger partial charge < -0.3 is 15.8 Å². The van der Waals surface area contributed by atoms with Crippen molar-refractivity contribution in [3.8, 4) is 0 Å². The highest BCUT2D eigenvalue weighted by molar-refractivity contribution is 5.79. The van der Waals surface area contributed by atoms with Gasteiger partial charge in [-0.3, -0.25) is 9.69 Å². The fraction of sp³-hybridized carbons (Fsp3) is 0.632. The van der Waals surface area contributed by atoms with E-state index in [-0.39, 0.29) is 30.0 Å². The normalized spacial score (nSPS) is 22.6. The van der Waals surface area contributed by atoms with Crippen molar-refractivity contribution in [1.82, 2.24) is 10.2 Å². The number of hydrogen-bond acceptors (Lipinski definition) is 4. The van der Waals surface area contributed by atoms with Crippen LogP contribution in [-0.4, -0.2) is 48.7 Å². The van der Waals surface area contributed by atoms with E-state index in [9.17, 15) is 4.79 Å². The summed E-state index contributed by atoms with van der Waals surface area (Å²) in [4.78, 5) is 14.7. The molecule has 24 heavy (non-hydrogen) atoms. The van der Waals surface area contributed by atoms with Gasteiger partial charge in [0.25, 0.3) is 0 Å². The molecule has 1 aromatic rings. The molecular formula is C19H31N3O2. The molecule has 1 aliphatic heterocycles. The topological polar surface area (TPSA) is 67.6 Å². The number of carbonyl (C=O) groups excluding carboxylic acids is 1. The van der Waals surface area contributed by atoms with Crippen molar-refractivity contribution < 1.29 is 9.53 Å². The van der Waals surface area contributed by atoms with Crippen molar-refractivity contribution in [2.45, 2.75) is 51.9 Å². The van der Waals surface area contributed by atoms with E-state index >= 15 is 0 Å². The minimum Gasteiger partial charge on any atom is -0.373 e. The van der Waals surface area contributed by atoms with Gasteiger partial charge in [0.05, 0.1) is 18.8 Å². The van der Waals surface area contributed by atoms with Crippen LogP contribution < -0.4 is 11.1 Å². The predicted molar refractivity (Wildman–Crippen MR) is 96.5 cm³/mol. The smallest absolute Gasteiger partial charge is 0.224 e. The first-order valence-electron chi connectivity index (χ1n) is 8.95. The SMILES string of the molecule is CCC(NC(=O)C(C)C(C)N)C1CN(Cc2ccccc2)CCO1. The Kier molecular flexibility index (Phi) is 7.21. The average molecular weight is 333 g/mol. The molecule has 0 bridgehead atoms. The van der Waals surface area contributed by atoms with Gasteiger partial charge in [-0.1, -0.05) is 44.2 Å². The molecule has 134 valence electrons. The van der Waals surface area contributed by atoms with E-state index in [1.807, 2.05) is 19.9 Å². The van der Waals surface area contributed by atoms with E-state index in [1.165, 1.54) is 5.56 Å². The van der Waals surface area contributed by atoms with Gasteiger partial charge in [-0.2, -0.15) is 0 Å². The van der Waals surface area contributed by atoms with Gasteiger partial charge in [0.1, 0.15) is 0 Å². The second kappa shape index (κ2) is 9.16. The Bertz CT molecular complexity index is 507. The molecule has 0 radical (unpaired) electrons. The van der Waals surface area contributed by atoms with E-state index in [0.29, 0.717) is 6.61 Å². The summed E-state index contributed by atoms with van der Waals surface area (Å²) >= 11 is 0. The molecular weight excluding hydrogens is 302 g/mol. The second-order valence-corrected chi connectivity index (χ2v) is 6.80. The lowest BCUT2D eigenvalue weighted by Gasteiger charge is -2.37. The largest absolute Gasteiger partial charge is 0.373 e. The van der Waals surface area contributed by atoms with Crippen LogP contribution in [0.25, 0.3) is 0 Å². The molecule has 5 nitrogen and oxygen atoms in total. The third-order valence-electron chi connectivity index (χ3n) is 4.85. The third kappa shape index (κ3) is 5.30. The number of nitrogens with zero attached hydrogens (tertiary/aromatic N) is 1. The van der Waals surface area contributed by atoms with Gasteiger partial charge in [-0.15, -0.1) is 0 Å².